The Labute approximate surface area is 97.8 Å². The lowest BCUT2D eigenvalue weighted by molar-refractivity contribution is 0.0692. The Morgan fingerprint density at radius 3 is 2.88 bits per heavy atom. The number of carboxylic acid groups (broad SMARTS) is 1. The van der Waals surface area contributed by atoms with Gasteiger partial charge in [0.05, 0.1) is 18.4 Å². The second-order valence-corrected chi connectivity index (χ2v) is 3.66. The summed E-state index contributed by atoms with van der Waals surface area (Å²) in [5.41, 5.74) is 2.15. The van der Waals surface area contributed by atoms with E-state index in [1.165, 1.54) is 7.11 Å². The Morgan fingerprint density at radius 2 is 2.29 bits per heavy atom. The first kappa shape index (κ1) is 11.3. The Balaban J connectivity index is 2.68. The summed E-state index contributed by atoms with van der Waals surface area (Å²) in [4.78, 5) is 13.8. The lowest BCUT2D eigenvalue weighted by Crippen LogP contribution is -2.00. The van der Waals surface area contributed by atoms with Crippen molar-refractivity contribution in [2.24, 2.45) is 7.05 Å². The van der Waals surface area contributed by atoms with Crippen LogP contribution in [0, 0.1) is 6.92 Å². The number of aryl methyl sites for hydroxylation is 2. The minimum absolute atomic E-state index is 0.138. The SMILES string of the molecule is COc1c(-c2cc[nH]c2C(=O)O)c(C)nn1C. The molecule has 2 heterocycles. The minimum Gasteiger partial charge on any atom is -0.481 e. The number of aromatic amines is 1. The number of aromatic nitrogens is 3. The van der Waals surface area contributed by atoms with E-state index in [1.54, 1.807) is 24.0 Å². The maximum Gasteiger partial charge on any atom is 0.352 e. The molecule has 0 aliphatic rings. The van der Waals surface area contributed by atoms with Crippen LogP contribution in [0.15, 0.2) is 12.3 Å². The van der Waals surface area contributed by atoms with Crippen LogP contribution in [0.5, 0.6) is 5.88 Å². The van der Waals surface area contributed by atoms with Crippen LogP contribution in [-0.4, -0.2) is 33.0 Å². The van der Waals surface area contributed by atoms with E-state index in [-0.39, 0.29) is 5.69 Å². The van der Waals surface area contributed by atoms with E-state index >= 15 is 0 Å². The fourth-order valence-corrected chi connectivity index (χ4v) is 1.94. The van der Waals surface area contributed by atoms with E-state index in [0.29, 0.717) is 17.0 Å². The molecular weight excluding hydrogens is 222 g/mol. The molecule has 0 fully saturated rings. The zero-order valence-electron chi connectivity index (χ0n) is 9.81. The van der Waals surface area contributed by atoms with Gasteiger partial charge in [0, 0.05) is 18.8 Å². The van der Waals surface area contributed by atoms with E-state index in [4.69, 9.17) is 9.84 Å². The molecule has 0 saturated heterocycles. The van der Waals surface area contributed by atoms with Crippen molar-refractivity contribution in [3.63, 3.8) is 0 Å². The van der Waals surface area contributed by atoms with Gasteiger partial charge in [-0.05, 0) is 13.0 Å². The second-order valence-electron chi connectivity index (χ2n) is 3.66. The van der Waals surface area contributed by atoms with Gasteiger partial charge in [-0.1, -0.05) is 0 Å². The van der Waals surface area contributed by atoms with Gasteiger partial charge >= 0.3 is 5.97 Å². The van der Waals surface area contributed by atoms with Crippen LogP contribution >= 0.6 is 0 Å². The van der Waals surface area contributed by atoms with E-state index in [2.05, 4.69) is 10.1 Å². The average molecular weight is 235 g/mol. The molecule has 0 aromatic carbocycles. The van der Waals surface area contributed by atoms with Gasteiger partial charge in [-0.25, -0.2) is 9.48 Å². The van der Waals surface area contributed by atoms with Gasteiger partial charge in [0.2, 0.25) is 5.88 Å². The predicted molar refractivity (Wildman–Crippen MR) is 61.2 cm³/mol. The Morgan fingerprint density at radius 1 is 1.59 bits per heavy atom. The lowest BCUT2D eigenvalue weighted by atomic mass is 10.1. The summed E-state index contributed by atoms with van der Waals surface area (Å²) in [7, 11) is 3.29. The average Bonchev–Trinajstić information content (AvgIpc) is 2.81. The van der Waals surface area contributed by atoms with Crippen LogP contribution in [0.1, 0.15) is 16.2 Å². The third kappa shape index (κ3) is 1.67. The maximum absolute atomic E-state index is 11.1. The monoisotopic (exact) mass is 235 g/mol. The molecular formula is C11H13N3O3. The minimum atomic E-state index is -1.00. The van der Waals surface area contributed by atoms with Gasteiger partial charge in [-0.15, -0.1) is 0 Å². The van der Waals surface area contributed by atoms with Crippen molar-refractivity contribution in [3.8, 4) is 17.0 Å². The molecule has 2 N–H and O–H groups in total. The van der Waals surface area contributed by atoms with Crippen molar-refractivity contribution in [1.82, 2.24) is 14.8 Å². The number of nitrogens with zero attached hydrogens (tertiary/aromatic N) is 2. The smallest absolute Gasteiger partial charge is 0.352 e. The van der Waals surface area contributed by atoms with Gasteiger partial charge in [-0.3, -0.25) is 0 Å². The Hall–Kier alpha value is -2.24. The third-order valence-corrected chi connectivity index (χ3v) is 2.59. The fourth-order valence-electron chi connectivity index (χ4n) is 1.94. The summed E-state index contributed by atoms with van der Waals surface area (Å²) in [6.07, 6.45) is 1.59. The molecule has 2 aromatic rings. The summed E-state index contributed by atoms with van der Waals surface area (Å²) in [5.74, 6) is -0.458. The lowest BCUT2D eigenvalue weighted by Gasteiger charge is -2.04. The van der Waals surface area contributed by atoms with Crippen LogP contribution in [0.2, 0.25) is 0 Å². The molecule has 6 heteroatoms. The molecule has 0 bridgehead atoms. The van der Waals surface area contributed by atoms with Crippen LogP contribution in [0.25, 0.3) is 11.1 Å². The maximum atomic E-state index is 11.1. The van der Waals surface area contributed by atoms with Crippen LogP contribution < -0.4 is 4.74 Å². The van der Waals surface area contributed by atoms with Gasteiger partial charge in [-0.2, -0.15) is 5.10 Å². The number of hydrogen-bond donors (Lipinski definition) is 2. The number of carbonyl (C=O) groups is 1. The van der Waals surface area contributed by atoms with E-state index in [0.717, 1.165) is 5.69 Å². The fraction of sp³-hybridized carbons (Fsp3) is 0.273. The summed E-state index contributed by atoms with van der Waals surface area (Å²) in [5, 5.41) is 13.3. The number of carboxylic acids is 1. The highest BCUT2D eigenvalue weighted by molar-refractivity contribution is 5.95. The second kappa shape index (κ2) is 3.97. The van der Waals surface area contributed by atoms with Crippen molar-refractivity contribution >= 4 is 5.97 Å². The molecule has 2 rings (SSSR count). The van der Waals surface area contributed by atoms with Crippen molar-refractivity contribution in [2.75, 3.05) is 7.11 Å². The highest BCUT2D eigenvalue weighted by atomic mass is 16.5. The predicted octanol–water partition coefficient (Wildman–Crippen LogP) is 1.43. The van der Waals surface area contributed by atoms with Crippen molar-refractivity contribution in [1.29, 1.82) is 0 Å². The quantitative estimate of drug-likeness (QED) is 0.843. The highest BCUT2D eigenvalue weighted by Gasteiger charge is 2.21. The first-order chi connectivity index (χ1) is 8.06. The number of methoxy groups -OCH3 is 1. The van der Waals surface area contributed by atoms with Gasteiger partial charge in [0.15, 0.2) is 0 Å². The molecule has 0 amide bonds. The number of hydrogen-bond acceptors (Lipinski definition) is 3. The summed E-state index contributed by atoms with van der Waals surface area (Å²) in [6.45, 7) is 1.82. The van der Waals surface area contributed by atoms with Gasteiger partial charge in [0.1, 0.15) is 5.69 Å². The number of H-pyrrole nitrogens is 1. The van der Waals surface area contributed by atoms with Gasteiger partial charge in [0.25, 0.3) is 0 Å². The van der Waals surface area contributed by atoms with Crippen molar-refractivity contribution in [3.05, 3.63) is 23.7 Å². The molecule has 0 radical (unpaired) electrons. The number of ether oxygens (including phenoxy) is 1. The number of aromatic carboxylic acids is 1. The zero-order valence-corrected chi connectivity index (χ0v) is 9.81. The molecule has 0 saturated carbocycles. The molecule has 17 heavy (non-hydrogen) atoms. The van der Waals surface area contributed by atoms with E-state index in [1.807, 2.05) is 6.92 Å². The van der Waals surface area contributed by atoms with Crippen LogP contribution in [0.4, 0.5) is 0 Å². The summed E-state index contributed by atoms with van der Waals surface area (Å²) >= 11 is 0. The van der Waals surface area contributed by atoms with E-state index in [9.17, 15) is 4.79 Å². The first-order valence-corrected chi connectivity index (χ1v) is 5.05. The number of rotatable bonds is 3. The topological polar surface area (TPSA) is 80.1 Å². The largest absolute Gasteiger partial charge is 0.481 e. The van der Waals surface area contributed by atoms with E-state index < -0.39 is 5.97 Å². The van der Waals surface area contributed by atoms with Crippen molar-refractivity contribution < 1.29 is 14.6 Å². The third-order valence-electron chi connectivity index (χ3n) is 2.59. The normalized spacial score (nSPS) is 10.5. The summed E-state index contributed by atoms with van der Waals surface area (Å²) < 4.78 is 6.84. The van der Waals surface area contributed by atoms with Gasteiger partial charge < -0.3 is 14.8 Å². The standard InChI is InChI=1S/C11H13N3O3/c1-6-8(10(17-3)14(2)13-6)7-4-5-12-9(7)11(15)16/h4-5,12H,1-3H3,(H,15,16). The Kier molecular flexibility index (Phi) is 2.63. The molecule has 6 nitrogen and oxygen atoms in total. The summed E-state index contributed by atoms with van der Waals surface area (Å²) in [6, 6.07) is 1.70. The van der Waals surface area contributed by atoms with Crippen LogP contribution in [-0.2, 0) is 7.05 Å². The molecule has 2 aromatic heterocycles. The highest BCUT2D eigenvalue weighted by Crippen LogP contribution is 2.34. The van der Waals surface area contributed by atoms with Crippen molar-refractivity contribution in [2.45, 2.75) is 6.92 Å². The molecule has 0 aliphatic carbocycles. The molecule has 0 spiro atoms. The first-order valence-electron chi connectivity index (χ1n) is 5.05. The molecule has 90 valence electrons. The number of nitrogens with one attached hydrogen (secondary N) is 1. The van der Waals surface area contributed by atoms with Crippen LogP contribution in [0.3, 0.4) is 0 Å². The molecule has 0 aliphatic heterocycles. The zero-order chi connectivity index (χ0) is 12.6. The Bertz CT molecular complexity index is 569. The molecule has 0 unspecified atom stereocenters. The molecule has 0 atom stereocenters.